The Morgan fingerprint density at radius 3 is 2.58 bits per heavy atom. The van der Waals surface area contributed by atoms with E-state index in [0.717, 1.165) is 6.07 Å². The van der Waals surface area contributed by atoms with Gasteiger partial charge in [-0.2, -0.15) is 0 Å². The topological polar surface area (TPSA) is 78.4 Å². The van der Waals surface area contributed by atoms with E-state index in [1.165, 1.54) is 30.3 Å². The van der Waals surface area contributed by atoms with Gasteiger partial charge in [0, 0.05) is 18.2 Å². The highest BCUT2D eigenvalue weighted by Gasteiger charge is 2.10. The molecular formula is C13H11FN2O3. The number of ether oxygens (including phenoxy) is 1. The minimum Gasteiger partial charge on any atom is -0.457 e. The average molecular weight is 262 g/mol. The molecule has 0 aliphatic carbocycles. The number of benzene rings is 2. The molecule has 0 saturated carbocycles. The lowest BCUT2D eigenvalue weighted by atomic mass is 10.2. The number of hydrogen-bond donors (Lipinski definition) is 1. The Bertz CT molecular complexity index is 644. The molecule has 0 aromatic heterocycles. The van der Waals surface area contributed by atoms with E-state index < -0.39 is 10.7 Å². The SMILES string of the molecule is Cc1cc([N+](=O)[O-])ccc1Oc1ccc(N)c(F)c1. The van der Waals surface area contributed by atoms with Gasteiger partial charge in [0.15, 0.2) is 0 Å². The first-order chi connectivity index (χ1) is 8.97. The van der Waals surface area contributed by atoms with Crippen molar-refractivity contribution >= 4 is 11.4 Å². The third kappa shape index (κ3) is 2.79. The van der Waals surface area contributed by atoms with Gasteiger partial charge in [0.2, 0.25) is 0 Å². The molecule has 2 N–H and O–H groups in total. The normalized spacial score (nSPS) is 10.2. The molecule has 0 amide bonds. The van der Waals surface area contributed by atoms with Crippen molar-refractivity contribution in [3.8, 4) is 11.5 Å². The quantitative estimate of drug-likeness (QED) is 0.522. The molecule has 0 fully saturated rings. The molecule has 2 aromatic carbocycles. The molecule has 0 atom stereocenters. The van der Waals surface area contributed by atoms with E-state index in [9.17, 15) is 14.5 Å². The molecule has 0 spiro atoms. The van der Waals surface area contributed by atoms with Gasteiger partial charge in [-0.3, -0.25) is 10.1 Å². The molecule has 5 nitrogen and oxygen atoms in total. The van der Waals surface area contributed by atoms with Gasteiger partial charge in [-0.15, -0.1) is 0 Å². The van der Waals surface area contributed by atoms with Crippen LogP contribution >= 0.6 is 0 Å². The van der Waals surface area contributed by atoms with Gasteiger partial charge in [0.25, 0.3) is 5.69 Å². The summed E-state index contributed by atoms with van der Waals surface area (Å²) in [4.78, 5) is 10.1. The summed E-state index contributed by atoms with van der Waals surface area (Å²) in [5.41, 5.74) is 5.96. The molecule has 2 aromatic rings. The molecule has 0 heterocycles. The van der Waals surface area contributed by atoms with E-state index in [-0.39, 0.29) is 17.1 Å². The second-order valence-electron chi connectivity index (χ2n) is 3.99. The molecule has 2 rings (SSSR count). The Labute approximate surface area is 108 Å². The summed E-state index contributed by atoms with van der Waals surface area (Å²) in [5.74, 6) is 0.135. The average Bonchev–Trinajstić information content (AvgIpc) is 2.36. The van der Waals surface area contributed by atoms with Crippen molar-refractivity contribution in [3.05, 3.63) is 57.9 Å². The van der Waals surface area contributed by atoms with Gasteiger partial charge >= 0.3 is 0 Å². The lowest BCUT2D eigenvalue weighted by Crippen LogP contribution is -1.94. The van der Waals surface area contributed by atoms with Gasteiger partial charge in [-0.1, -0.05) is 0 Å². The van der Waals surface area contributed by atoms with Crippen LogP contribution in [0.2, 0.25) is 0 Å². The monoisotopic (exact) mass is 262 g/mol. The van der Waals surface area contributed by atoms with Crippen LogP contribution in [0.3, 0.4) is 0 Å². The Hall–Kier alpha value is -2.63. The molecule has 0 saturated heterocycles. The van der Waals surface area contributed by atoms with Gasteiger partial charge in [0.05, 0.1) is 10.6 Å². The number of nitrogens with zero attached hydrogens (tertiary/aromatic N) is 1. The van der Waals surface area contributed by atoms with Crippen LogP contribution in [0.25, 0.3) is 0 Å². The van der Waals surface area contributed by atoms with E-state index >= 15 is 0 Å². The van der Waals surface area contributed by atoms with Gasteiger partial charge in [-0.05, 0) is 30.7 Å². The highest BCUT2D eigenvalue weighted by atomic mass is 19.1. The molecule has 98 valence electrons. The summed E-state index contributed by atoms with van der Waals surface area (Å²) >= 11 is 0. The molecule has 0 aliphatic heterocycles. The van der Waals surface area contributed by atoms with E-state index in [0.29, 0.717) is 11.3 Å². The Kier molecular flexibility index (Phi) is 3.33. The minimum absolute atomic E-state index is 0.0201. The number of rotatable bonds is 3. The molecule has 0 bridgehead atoms. The number of aryl methyl sites for hydroxylation is 1. The number of hydrogen-bond acceptors (Lipinski definition) is 4. The van der Waals surface area contributed by atoms with Crippen molar-refractivity contribution in [1.82, 2.24) is 0 Å². The zero-order valence-corrected chi connectivity index (χ0v) is 10.1. The fourth-order valence-corrected chi connectivity index (χ4v) is 1.56. The summed E-state index contributed by atoms with van der Waals surface area (Å²) in [6.45, 7) is 1.68. The fraction of sp³-hybridized carbons (Fsp3) is 0.0769. The maximum absolute atomic E-state index is 13.3. The maximum atomic E-state index is 13.3. The first kappa shape index (κ1) is 12.8. The number of nitro groups is 1. The first-order valence-corrected chi connectivity index (χ1v) is 5.45. The van der Waals surface area contributed by atoms with Crippen LogP contribution < -0.4 is 10.5 Å². The summed E-state index contributed by atoms with van der Waals surface area (Å²) in [5, 5.41) is 10.6. The summed E-state index contributed by atoms with van der Waals surface area (Å²) in [6.07, 6.45) is 0. The third-order valence-corrected chi connectivity index (χ3v) is 2.57. The standard InChI is InChI=1S/C13H11FN2O3/c1-8-6-9(16(17)18)2-5-13(8)19-10-3-4-12(15)11(14)7-10/h2-7H,15H2,1H3. The first-order valence-electron chi connectivity index (χ1n) is 5.45. The number of nitrogens with two attached hydrogens (primary N) is 1. The number of nitro benzene ring substituents is 1. The molecule has 19 heavy (non-hydrogen) atoms. The van der Waals surface area contributed by atoms with Crippen molar-refractivity contribution in [3.63, 3.8) is 0 Å². The van der Waals surface area contributed by atoms with E-state index in [2.05, 4.69) is 0 Å². The summed E-state index contributed by atoms with van der Waals surface area (Å²) in [7, 11) is 0. The Morgan fingerprint density at radius 2 is 2.00 bits per heavy atom. The maximum Gasteiger partial charge on any atom is 0.269 e. The number of nitrogen functional groups attached to an aromatic ring is 1. The van der Waals surface area contributed by atoms with Crippen LogP contribution in [0.1, 0.15) is 5.56 Å². The smallest absolute Gasteiger partial charge is 0.269 e. The van der Waals surface area contributed by atoms with Crippen LogP contribution in [0.5, 0.6) is 11.5 Å². The predicted octanol–water partition coefficient (Wildman–Crippen LogP) is 3.42. The lowest BCUT2D eigenvalue weighted by molar-refractivity contribution is -0.384. The molecule has 0 aliphatic rings. The second-order valence-corrected chi connectivity index (χ2v) is 3.99. The molecule has 0 unspecified atom stereocenters. The predicted molar refractivity (Wildman–Crippen MR) is 68.7 cm³/mol. The van der Waals surface area contributed by atoms with Crippen molar-refractivity contribution < 1.29 is 14.1 Å². The van der Waals surface area contributed by atoms with Gasteiger partial charge < -0.3 is 10.5 Å². The second kappa shape index (κ2) is 4.93. The van der Waals surface area contributed by atoms with Crippen molar-refractivity contribution in [1.29, 1.82) is 0 Å². The fourth-order valence-electron chi connectivity index (χ4n) is 1.56. The van der Waals surface area contributed by atoms with Crippen molar-refractivity contribution in [2.24, 2.45) is 0 Å². The highest BCUT2D eigenvalue weighted by molar-refractivity contribution is 5.47. The minimum atomic E-state index is -0.572. The van der Waals surface area contributed by atoms with Crippen LogP contribution in [0.15, 0.2) is 36.4 Å². The van der Waals surface area contributed by atoms with E-state index in [1.807, 2.05) is 0 Å². The zero-order valence-electron chi connectivity index (χ0n) is 10.1. The van der Waals surface area contributed by atoms with Crippen LogP contribution in [-0.4, -0.2) is 4.92 Å². The number of halogens is 1. The van der Waals surface area contributed by atoms with E-state index in [1.54, 1.807) is 6.92 Å². The Morgan fingerprint density at radius 1 is 1.26 bits per heavy atom. The summed E-state index contributed by atoms with van der Waals surface area (Å²) < 4.78 is 18.7. The van der Waals surface area contributed by atoms with Crippen LogP contribution in [-0.2, 0) is 0 Å². The van der Waals surface area contributed by atoms with E-state index in [4.69, 9.17) is 10.5 Å². The molecular weight excluding hydrogens is 251 g/mol. The van der Waals surface area contributed by atoms with Crippen molar-refractivity contribution in [2.75, 3.05) is 5.73 Å². The zero-order chi connectivity index (χ0) is 14.0. The molecule has 6 heteroatoms. The largest absolute Gasteiger partial charge is 0.457 e. The number of non-ortho nitro benzene ring substituents is 1. The highest BCUT2D eigenvalue weighted by Crippen LogP contribution is 2.29. The summed E-state index contributed by atoms with van der Waals surface area (Å²) in [6, 6.07) is 8.28. The third-order valence-electron chi connectivity index (χ3n) is 2.57. The lowest BCUT2D eigenvalue weighted by Gasteiger charge is -2.09. The van der Waals surface area contributed by atoms with Crippen LogP contribution in [0, 0.1) is 22.9 Å². The van der Waals surface area contributed by atoms with Crippen LogP contribution in [0.4, 0.5) is 15.8 Å². The van der Waals surface area contributed by atoms with Gasteiger partial charge in [0.1, 0.15) is 17.3 Å². The molecule has 0 radical (unpaired) electrons. The number of anilines is 1. The Balaban J connectivity index is 2.28. The van der Waals surface area contributed by atoms with Gasteiger partial charge in [-0.25, -0.2) is 4.39 Å². The van der Waals surface area contributed by atoms with Crippen molar-refractivity contribution in [2.45, 2.75) is 6.92 Å².